The van der Waals surface area contributed by atoms with Gasteiger partial charge in [0.1, 0.15) is 24.1 Å². The minimum atomic E-state index is -4.15. The van der Waals surface area contributed by atoms with E-state index in [2.05, 4.69) is 5.32 Å². The van der Waals surface area contributed by atoms with Gasteiger partial charge >= 0.3 is 0 Å². The lowest BCUT2D eigenvalue weighted by atomic mass is 10.1. The lowest BCUT2D eigenvalue weighted by Crippen LogP contribution is -2.52. The first-order valence-electron chi connectivity index (χ1n) is 14.2. The van der Waals surface area contributed by atoms with Crippen LogP contribution in [0.25, 0.3) is 0 Å². The molecule has 0 spiro atoms. The molecule has 4 rings (SSSR count). The Bertz CT molecular complexity index is 1580. The highest BCUT2D eigenvalue weighted by molar-refractivity contribution is 7.92. The number of nitrogens with one attached hydrogen (secondary N) is 1. The molecule has 43 heavy (non-hydrogen) atoms. The number of hydrogen-bond donors (Lipinski definition) is 1. The maximum Gasteiger partial charge on any atom is 0.264 e. The fourth-order valence-electron chi connectivity index (χ4n) is 4.38. The molecule has 0 aliphatic carbocycles. The predicted octanol–water partition coefficient (Wildman–Crippen LogP) is 6.01. The maximum absolute atomic E-state index is 14.0. The number of para-hydroxylation sites is 1. The summed E-state index contributed by atoms with van der Waals surface area (Å²) in [7, 11) is -4.15. The smallest absolute Gasteiger partial charge is 0.264 e. The van der Waals surface area contributed by atoms with Crippen molar-refractivity contribution in [1.29, 1.82) is 0 Å². The zero-order valence-electron chi connectivity index (χ0n) is 24.6. The first-order valence-corrected chi connectivity index (χ1v) is 15.7. The van der Waals surface area contributed by atoms with E-state index in [-0.39, 0.29) is 29.1 Å². The standard InChI is InChI=1S/C34H37N3O5S/c1-4-26(2)35-34(39)27(3)36(24-28-14-8-5-9-15-28)33(38)25-37(43(40,41)32-18-12-7-13-19-32)29-20-22-31(23-21-29)42-30-16-10-6-11-17-30/h5-23,26-27H,4,24-25H2,1-3H3,(H,35,39)/t26-,27-/m1/s1. The van der Waals surface area contributed by atoms with Gasteiger partial charge in [-0.1, -0.05) is 73.7 Å². The van der Waals surface area contributed by atoms with Gasteiger partial charge in [-0.15, -0.1) is 0 Å². The van der Waals surface area contributed by atoms with E-state index in [1.165, 1.54) is 17.0 Å². The molecular formula is C34H37N3O5S. The Hall–Kier alpha value is -4.63. The van der Waals surface area contributed by atoms with Crippen LogP contribution in [0.2, 0.25) is 0 Å². The van der Waals surface area contributed by atoms with Gasteiger partial charge in [-0.05, 0) is 74.4 Å². The summed E-state index contributed by atoms with van der Waals surface area (Å²) in [6.45, 7) is 5.14. The van der Waals surface area contributed by atoms with E-state index in [1.54, 1.807) is 49.4 Å². The molecule has 224 valence electrons. The number of nitrogens with zero attached hydrogens (tertiary/aromatic N) is 2. The van der Waals surface area contributed by atoms with Gasteiger partial charge in [0.25, 0.3) is 10.0 Å². The van der Waals surface area contributed by atoms with Crippen LogP contribution in [-0.4, -0.2) is 43.8 Å². The normalized spacial score (nSPS) is 12.5. The Kier molecular flexibility index (Phi) is 10.6. The van der Waals surface area contributed by atoms with Crippen molar-refractivity contribution in [2.24, 2.45) is 0 Å². The van der Waals surface area contributed by atoms with Crippen LogP contribution in [0, 0.1) is 0 Å². The van der Waals surface area contributed by atoms with E-state index in [0.29, 0.717) is 11.5 Å². The predicted molar refractivity (Wildman–Crippen MR) is 168 cm³/mol. The van der Waals surface area contributed by atoms with E-state index in [4.69, 9.17) is 4.74 Å². The summed E-state index contributed by atoms with van der Waals surface area (Å²) in [6.07, 6.45) is 0.734. The Morgan fingerprint density at radius 2 is 1.30 bits per heavy atom. The molecule has 0 unspecified atom stereocenters. The number of amides is 2. The van der Waals surface area contributed by atoms with Crippen LogP contribution in [0.5, 0.6) is 11.5 Å². The summed E-state index contributed by atoms with van der Waals surface area (Å²) in [5, 5.41) is 2.94. The highest BCUT2D eigenvalue weighted by Gasteiger charge is 2.32. The second-order valence-electron chi connectivity index (χ2n) is 10.2. The van der Waals surface area contributed by atoms with E-state index < -0.39 is 28.5 Å². The van der Waals surface area contributed by atoms with Gasteiger partial charge in [-0.2, -0.15) is 0 Å². The van der Waals surface area contributed by atoms with Crippen molar-refractivity contribution in [2.75, 3.05) is 10.8 Å². The Balaban J connectivity index is 1.68. The molecule has 2 amide bonds. The second kappa shape index (κ2) is 14.5. The van der Waals surface area contributed by atoms with Crippen LogP contribution in [0.3, 0.4) is 0 Å². The third kappa shape index (κ3) is 8.23. The van der Waals surface area contributed by atoms with Crippen LogP contribution < -0.4 is 14.4 Å². The Morgan fingerprint density at radius 3 is 1.88 bits per heavy atom. The average molecular weight is 600 g/mol. The van der Waals surface area contributed by atoms with Crippen LogP contribution in [-0.2, 0) is 26.2 Å². The first kappa shape index (κ1) is 31.3. The van der Waals surface area contributed by atoms with E-state index in [9.17, 15) is 18.0 Å². The highest BCUT2D eigenvalue weighted by atomic mass is 32.2. The summed E-state index contributed by atoms with van der Waals surface area (Å²) in [5.41, 5.74) is 1.10. The van der Waals surface area contributed by atoms with Gasteiger partial charge in [0.05, 0.1) is 10.6 Å². The zero-order valence-corrected chi connectivity index (χ0v) is 25.4. The number of anilines is 1. The van der Waals surface area contributed by atoms with Crippen LogP contribution >= 0.6 is 0 Å². The number of carbonyl (C=O) groups is 2. The van der Waals surface area contributed by atoms with E-state index >= 15 is 0 Å². The fraction of sp³-hybridized carbons (Fsp3) is 0.235. The van der Waals surface area contributed by atoms with Crippen molar-refractivity contribution in [2.45, 2.75) is 50.7 Å². The summed E-state index contributed by atoms with van der Waals surface area (Å²) in [6, 6.07) is 32.1. The van der Waals surface area contributed by atoms with Crippen molar-refractivity contribution >= 4 is 27.5 Å². The monoisotopic (exact) mass is 599 g/mol. The molecule has 0 saturated heterocycles. The Morgan fingerprint density at radius 1 is 0.767 bits per heavy atom. The first-order chi connectivity index (χ1) is 20.7. The number of benzene rings is 4. The van der Waals surface area contributed by atoms with Crippen LogP contribution in [0.1, 0.15) is 32.8 Å². The topological polar surface area (TPSA) is 96.0 Å². The molecule has 0 bridgehead atoms. The largest absolute Gasteiger partial charge is 0.457 e. The molecule has 1 N–H and O–H groups in total. The SMILES string of the molecule is CC[C@@H](C)NC(=O)[C@@H](C)N(Cc1ccccc1)C(=O)CN(c1ccc(Oc2ccccc2)cc1)S(=O)(=O)c1ccccc1. The fourth-order valence-corrected chi connectivity index (χ4v) is 5.82. The third-order valence-corrected chi connectivity index (χ3v) is 8.87. The van der Waals surface area contributed by atoms with Gasteiger partial charge in [-0.3, -0.25) is 13.9 Å². The quantitative estimate of drug-likeness (QED) is 0.203. The number of sulfonamides is 1. The summed E-state index contributed by atoms with van der Waals surface area (Å²) in [5.74, 6) is 0.332. The Labute approximate surface area is 254 Å². The molecule has 0 heterocycles. The summed E-state index contributed by atoms with van der Waals surface area (Å²) in [4.78, 5) is 28.7. The average Bonchev–Trinajstić information content (AvgIpc) is 3.03. The van der Waals surface area contributed by atoms with Gasteiger partial charge in [0.2, 0.25) is 11.8 Å². The molecule has 4 aromatic rings. The molecule has 9 heteroatoms. The van der Waals surface area contributed by atoms with Crippen molar-refractivity contribution < 1.29 is 22.7 Å². The summed E-state index contributed by atoms with van der Waals surface area (Å²) >= 11 is 0. The van der Waals surface area contributed by atoms with Crippen molar-refractivity contribution in [1.82, 2.24) is 10.2 Å². The summed E-state index contributed by atoms with van der Waals surface area (Å²) < 4.78 is 34.9. The molecule has 4 aromatic carbocycles. The molecule has 0 radical (unpaired) electrons. The third-order valence-electron chi connectivity index (χ3n) is 7.08. The van der Waals surface area contributed by atoms with Crippen molar-refractivity contribution in [3.63, 3.8) is 0 Å². The second-order valence-corrected chi connectivity index (χ2v) is 12.1. The molecule has 2 atom stereocenters. The molecule has 8 nitrogen and oxygen atoms in total. The maximum atomic E-state index is 14.0. The number of hydrogen-bond acceptors (Lipinski definition) is 5. The molecule has 0 fully saturated rings. The van der Waals surface area contributed by atoms with Crippen LogP contribution in [0.4, 0.5) is 5.69 Å². The van der Waals surface area contributed by atoms with Crippen LogP contribution in [0.15, 0.2) is 120 Å². The lowest BCUT2D eigenvalue weighted by Gasteiger charge is -2.32. The number of carbonyl (C=O) groups excluding carboxylic acids is 2. The van der Waals surface area contributed by atoms with Crippen molar-refractivity contribution in [3.05, 3.63) is 121 Å². The van der Waals surface area contributed by atoms with Crippen molar-refractivity contribution in [3.8, 4) is 11.5 Å². The molecule has 0 aliphatic rings. The molecule has 0 aromatic heterocycles. The van der Waals surface area contributed by atoms with Gasteiger partial charge in [0, 0.05) is 12.6 Å². The number of ether oxygens (including phenoxy) is 1. The van der Waals surface area contributed by atoms with E-state index in [1.807, 2.05) is 74.5 Å². The van der Waals surface area contributed by atoms with E-state index in [0.717, 1.165) is 16.3 Å². The van der Waals surface area contributed by atoms with Gasteiger partial charge < -0.3 is 15.0 Å². The molecule has 0 saturated carbocycles. The number of rotatable bonds is 13. The lowest BCUT2D eigenvalue weighted by molar-refractivity contribution is -0.139. The minimum Gasteiger partial charge on any atom is -0.457 e. The van der Waals surface area contributed by atoms with Gasteiger partial charge in [0.15, 0.2) is 0 Å². The van der Waals surface area contributed by atoms with Gasteiger partial charge in [-0.25, -0.2) is 8.42 Å². The minimum absolute atomic E-state index is 0.0459. The highest BCUT2D eigenvalue weighted by Crippen LogP contribution is 2.28. The molecular weight excluding hydrogens is 562 g/mol. The molecule has 0 aliphatic heterocycles. The zero-order chi connectivity index (χ0) is 30.8.